The summed E-state index contributed by atoms with van der Waals surface area (Å²) in [5.41, 5.74) is 3.18. The maximum atomic E-state index is 12.3. The highest BCUT2D eigenvalue weighted by Gasteiger charge is 2.19. The number of nitrogens with zero attached hydrogens (tertiary/aromatic N) is 1. The van der Waals surface area contributed by atoms with Crippen molar-refractivity contribution in [2.75, 3.05) is 25.5 Å². The highest BCUT2D eigenvalue weighted by atomic mass is 35.5. The molecule has 1 aliphatic rings. The number of anilines is 1. The summed E-state index contributed by atoms with van der Waals surface area (Å²) in [5, 5.41) is 3.36. The van der Waals surface area contributed by atoms with Crippen molar-refractivity contribution in [3.05, 3.63) is 29.3 Å². The van der Waals surface area contributed by atoms with E-state index in [-0.39, 0.29) is 18.3 Å². The molecule has 0 fully saturated rings. The van der Waals surface area contributed by atoms with Crippen molar-refractivity contribution >= 4 is 24.0 Å². The average Bonchev–Trinajstić information content (AvgIpc) is 2.37. The Labute approximate surface area is 115 Å². The van der Waals surface area contributed by atoms with Crippen LogP contribution in [0, 0.1) is 0 Å². The van der Waals surface area contributed by atoms with Gasteiger partial charge in [-0.3, -0.25) is 4.79 Å². The van der Waals surface area contributed by atoms with Crippen molar-refractivity contribution in [1.29, 1.82) is 0 Å². The van der Waals surface area contributed by atoms with Gasteiger partial charge in [-0.1, -0.05) is 13.0 Å². The number of halogens is 1. The van der Waals surface area contributed by atoms with Gasteiger partial charge in [0.15, 0.2) is 0 Å². The second-order valence-electron chi connectivity index (χ2n) is 4.59. The third-order valence-corrected chi connectivity index (χ3v) is 3.23. The minimum Gasteiger partial charge on any atom is -0.385 e. The Bertz CT molecular complexity index is 420. The molecule has 0 atom stereocenters. The average molecular weight is 269 g/mol. The number of hydrogen-bond acceptors (Lipinski definition) is 2. The minimum atomic E-state index is 0. The predicted molar refractivity (Wildman–Crippen MR) is 77.8 cm³/mol. The molecular formula is C14H21ClN2O. The second kappa shape index (κ2) is 6.64. The van der Waals surface area contributed by atoms with Crippen LogP contribution < -0.4 is 5.32 Å². The second-order valence-corrected chi connectivity index (χ2v) is 4.59. The maximum Gasteiger partial charge on any atom is 0.253 e. The standard InChI is InChI=1S/C14H20N2O.ClH/c1-3-10-16(2)14(17)12-6-4-8-13-11(12)7-5-9-15-13;/h4,6,8,15H,3,5,7,9-10H2,1-2H3;1H. The van der Waals surface area contributed by atoms with Crippen LogP contribution in [0.4, 0.5) is 5.69 Å². The first-order chi connectivity index (χ1) is 8.24. The fourth-order valence-corrected chi connectivity index (χ4v) is 2.35. The summed E-state index contributed by atoms with van der Waals surface area (Å²) in [6, 6.07) is 5.97. The van der Waals surface area contributed by atoms with Gasteiger partial charge in [-0.05, 0) is 37.0 Å². The van der Waals surface area contributed by atoms with Gasteiger partial charge >= 0.3 is 0 Å². The molecule has 0 spiro atoms. The smallest absolute Gasteiger partial charge is 0.253 e. The summed E-state index contributed by atoms with van der Waals surface area (Å²) in [6.07, 6.45) is 3.11. The first-order valence-corrected chi connectivity index (χ1v) is 6.35. The molecule has 0 radical (unpaired) electrons. The topological polar surface area (TPSA) is 32.3 Å². The van der Waals surface area contributed by atoms with Crippen LogP contribution in [-0.2, 0) is 6.42 Å². The molecule has 18 heavy (non-hydrogen) atoms. The van der Waals surface area contributed by atoms with E-state index >= 15 is 0 Å². The zero-order valence-corrected chi connectivity index (χ0v) is 11.8. The molecule has 0 aliphatic carbocycles. The van der Waals surface area contributed by atoms with Crippen molar-refractivity contribution in [3.8, 4) is 0 Å². The molecule has 0 unspecified atom stereocenters. The maximum absolute atomic E-state index is 12.3. The van der Waals surface area contributed by atoms with Gasteiger partial charge in [0.2, 0.25) is 0 Å². The van der Waals surface area contributed by atoms with E-state index in [4.69, 9.17) is 0 Å². The highest BCUT2D eigenvalue weighted by Crippen LogP contribution is 2.26. The largest absolute Gasteiger partial charge is 0.385 e. The summed E-state index contributed by atoms with van der Waals surface area (Å²) >= 11 is 0. The zero-order chi connectivity index (χ0) is 12.3. The van der Waals surface area contributed by atoms with Crippen molar-refractivity contribution in [1.82, 2.24) is 4.90 Å². The molecular weight excluding hydrogens is 248 g/mol. The predicted octanol–water partition coefficient (Wildman–Crippen LogP) is 2.95. The van der Waals surface area contributed by atoms with Crippen LogP contribution in [0.2, 0.25) is 0 Å². The normalized spacial score (nSPS) is 13.0. The van der Waals surface area contributed by atoms with Gasteiger partial charge in [-0.15, -0.1) is 12.4 Å². The zero-order valence-electron chi connectivity index (χ0n) is 11.0. The Kier molecular flexibility index (Phi) is 5.48. The first-order valence-electron chi connectivity index (χ1n) is 6.35. The van der Waals surface area contributed by atoms with Crippen molar-refractivity contribution in [2.24, 2.45) is 0 Å². The van der Waals surface area contributed by atoms with E-state index in [1.54, 1.807) is 0 Å². The van der Waals surface area contributed by atoms with Gasteiger partial charge in [0, 0.05) is 31.4 Å². The van der Waals surface area contributed by atoms with Gasteiger partial charge in [-0.2, -0.15) is 0 Å². The Hall–Kier alpha value is -1.22. The van der Waals surface area contributed by atoms with Gasteiger partial charge in [-0.25, -0.2) is 0 Å². The quantitative estimate of drug-likeness (QED) is 0.914. The van der Waals surface area contributed by atoms with Crippen LogP contribution in [0.15, 0.2) is 18.2 Å². The van der Waals surface area contributed by atoms with E-state index in [2.05, 4.69) is 18.3 Å². The lowest BCUT2D eigenvalue weighted by Gasteiger charge is -2.23. The number of rotatable bonds is 3. The summed E-state index contributed by atoms with van der Waals surface area (Å²) < 4.78 is 0. The van der Waals surface area contributed by atoms with Crippen LogP contribution in [0.25, 0.3) is 0 Å². The van der Waals surface area contributed by atoms with Crippen LogP contribution in [0.1, 0.15) is 35.7 Å². The molecule has 100 valence electrons. The molecule has 1 N–H and O–H groups in total. The molecule has 1 aromatic rings. The Morgan fingerprint density at radius 2 is 2.22 bits per heavy atom. The van der Waals surface area contributed by atoms with E-state index in [1.807, 2.05) is 24.1 Å². The lowest BCUT2D eigenvalue weighted by molar-refractivity contribution is 0.0794. The van der Waals surface area contributed by atoms with E-state index in [9.17, 15) is 4.79 Å². The molecule has 3 nitrogen and oxygen atoms in total. The van der Waals surface area contributed by atoms with Crippen molar-refractivity contribution in [3.63, 3.8) is 0 Å². The van der Waals surface area contributed by atoms with E-state index in [0.717, 1.165) is 43.6 Å². The first kappa shape index (κ1) is 14.8. The lowest BCUT2D eigenvalue weighted by atomic mass is 9.97. The number of hydrogen-bond donors (Lipinski definition) is 1. The summed E-state index contributed by atoms with van der Waals surface area (Å²) in [5.74, 6) is 0.146. The molecule has 1 aromatic carbocycles. The molecule has 2 rings (SSSR count). The number of nitrogens with one attached hydrogen (secondary N) is 1. The van der Waals surface area contributed by atoms with E-state index < -0.39 is 0 Å². The fourth-order valence-electron chi connectivity index (χ4n) is 2.35. The molecule has 0 aromatic heterocycles. The molecule has 1 heterocycles. The number of amides is 1. The van der Waals surface area contributed by atoms with Crippen LogP contribution in [-0.4, -0.2) is 30.9 Å². The Balaban J connectivity index is 0.00000162. The van der Waals surface area contributed by atoms with Gasteiger partial charge in [0.05, 0.1) is 0 Å². The van der Waals surface area contributed by atoms with Crippen LogP contribution in [0.5, 0.6) is 0 Å². The summed E-state index contributed by atoms with van der Waals surface area (Å²) in [4.78, 5) is 14.1. The molecule has 0 bridgehead atoms. The Morgan fingerprint density at radius 3 is 2.94 bits per heavy atom. The fraction of sp³-hybridized carbons (Fsp3) is 0.500. The number of carbonyl (C=O) groups excluding carboxylic acids is 1. The third-order valence-electron chi connectivity index (χ3n) is 3.23. The monoisotopic (exact) mass is 268 g/mol. The van der Waals surface area contributed by atoms with Gasteiger partial charge in [0.1, 0.15) is 0 Å². The lowest BCUT2D eigenvalue weighted by Crippen LogP contribution is -2.29. The van der Waals surface area contributed by atoms with Crippen LogP contribution in [0.3, 0.4) is 0 Å². The SMILES string of the molecule is CCCN(C)C(=O)c1cccc2c1CCCN2.Cl. The van der Waals surface area contributed by atoms with Gasteiger partial charge in [0.25, 0.3) is 5.91 Å². The van der Waals surface area contributed by atoms with Crippen LogP contribution >= 0.6 is 12.4 Å². The molecule has 4 heteroatoms. The minimum absolute atomic E-state index is 0. The molecule has 1 aliphatic heterocycles. The highest BCUT2D eigenvalue weighted by molar-refractivity contribution is 5.97. The number of carbonyl (C=O) groups is 1. The molecule has 0 saturated carbocycles. The van der Waals surface area contributed by atoms with E-state index in [0.29, 0.717) is 0 Å². The van der Waals surface area contributed by atoms with Crippen molar-refractivity contribution in [2.45, 2.75) is 26.2 Å². The number of fused-ring (bicyclic) bond motifs is 1. The van der Waals surface area contributed by atoms with Crippen molar-refractivity contribution < 1.29 is 4.79 Å². The molecule has 0 saturated heterocycles. The molecule has 1 amide bonds. The summed E-state index contributed by atoms with van der Waals surface area (Å²) in [7, 11) is 1.88. The third kappa shape index (κ3) is 2.96. The number of benzene rings is 1. The van der Waals surface area contributed by atoms with Gasteiger partial charge < -0.3 is 10.2 Å². The Morgan fingerprint density at radius 1 is 1.44 bits per heavy atom. The van der Waals surface area contributed by atoms with E-state index in [1.165, 1.54) is 5.56 Å². The summed E-state index contributed by atoms with van der Waals surface area (Å²) in [6.45, 7) is 3.91.